The zero-order chi connectivity index (χ0) is 11.5. The molecule has 1 unspecified atom stereocenters. The van der Waals surface area contributed by atoms with Crippen LogP contribution in [0.25, 0.3) is 0 Å². The Hall–Kier alpha value is -1.54. The lowest BCUT2D eigenvalue weighted by Gasteiger charge is -2.05. The van der Waals surface area contributed by atoms with Crippen LogP contribution in [-0.2, 0) is 10.1 Å². The van der Waals surface area contributed by atoms with Crippen LogP contribution in [0.3, 0.4) is 0 Å². The Morgan fingerprint density at radius 3 is 2.27 bits per heavy atom. The Kier molecular flexibility index (Phi) is 3.32. The van der Waals surface area contributed by atoms with Gasteiger partial charge in [0.15, 0.2) is 0 Å². The van der Waals surface area contributed by atoms with E-state index in [2.05, 4.69) is 10.3 Å². The number of hydrogen-bond donors (Lipinski definition) is 0. The molecule has 0 aliphatic carbocycles. The van der Waals surface area contributed by atoms with Crippen LogP contribution in [0.1, 0.15) is 18.4 Å². The molecule has 1 atom stereocenters. The Morgan fingerprint density at radius 1 is 1.33 bits per heavy atom. The minimum Gasteiger partial charge on any atom is -0.383 e. The monoisotopic (exact) mass is 225 g/mol. The summed E-state index contributed by atoms with van der Waals surface area (Å²) in [5.74, 6) is 0.0451. The highest BCUT2D eigenvalue weighted by Crippen LogP contribution is 2.19. The van der Waals surface area contributed by atoms with Crippen LogP contribution in [0, 0.1) is 11.3 Å². The third-order valence-electron chi connectivity index (χ3n) is 1.82. The fraction of sp³-hybridized carbons (Fsp3) is 0.300. The third-order valence-corrected chi connectivity index (χ3v) is 2.32. The Bertz CT molecular complexity index is 470. The molecule has 0 saturated carbocycles. The molecule has 0 bridgehead atoms. The molecule has 1 rings (SSSR count). The van der Waals surface area contributed by atoms with E-state index in [0.29, 0.717) is 0 Å². The van der Waals surface area contributed by atoms with E-state index >= 15 is 0 Å². The number of hydrogen-bond acceptors (Lipinski definition) is 4. The van der Waals surface area contributed by atoms with Crippen LogP contribution in [-0.4, -0.2) is 14.7 Å². The van der Waals surface area contributed by atoms with E-state index in [4.69, 9.17) is 5.26 Å². The highest BCUT2D eigenvalue weighted by atomic mass is 32.2. The van der Waals surface area contributed by atoms with Gasteiger partial charge in [-0.25, -0.2) is 0 Å². The van der Waals surface area contributed by atoms with Crippen molar-refractivity contribution in [1.82, 2.24) is 0 Å². The average Bonchev–Trinajstić information content (AvgIpc) is 2.15. The lowest BCUT2D eigenvalue weighted by molar-refractivity contribution is 0.493. The quantitative estimate of drug-likeness (QED) is 0.733. The molecule has 0 spiro atoms. The van der Waals surface area contributed by atoms with Crippen LogP contribution in [0.4, 0.5) is 0 Å². The lowest BCUT2D eigenvalue weighted by Crippen LogP contribution is -2.05. The van der Waals surface area contributed by atoms with Crippen molar-refractivity contribution in [3.8, 4) is 11.8 Å². The molecule has 0 saturated heterocycles. The van der Waals surface area contributed by atoms with Gasteiger partial charge >= 0.3 is 10.1 Å². The van der Waals surface area contributed by atoms with Crippen molar-refractivity contribution in [3.63, 3.8) is 0 Å². The number of nitriles is 1. The summed E-state index contributed by atoms with van der Waals surface area (Å²) in [5.41, 5.74) is 0.832. The van der Waals surface area contributed by atoms with Crippen LogP contribution < -0.4 is 4.18 Å². The van der Waals surface area contributed by atoms with E-state index in [1.165, 1.54) is 12.1 Å². The zero-order valence-electron chi connectivity index (χ0n) is 8.47. The van der Waals surface area contributed by atoms with Gasteiger partial charge in [-0.15, -0.1) is 0 Å². The van der Waals surface area contributed by atoms with Gasteiger partial charge in [-0.2, -0.15) is 13.7 Å². The maximum atomic E-state index is 10.8. The second kappa shape index (κ2) is 4.32. The summed E-state index contributed by atoms with van der Waals surface area (Å²) < 4.78 is 26.3. The van der Waals surface area contributed by atoms with E-state index in [0.717, 1.165) is 11.8 Å². The fourth-order valence-corrected chi connectivity index (χ4v) is 1.52. The lowest BCUT2D eigenvalue weighted by atomic mass is 10.0. The van der Waals surface area contributed by atoms with Crippen molar-refractivity contribution < 1.29 is 12.6 Å². The predicted molar refractivity (Wildman–Crippen MR) is 55.9 cm³/mol. The molecular weight excluding hydrogens is 214 g/mol. The van der Waals surface area contributed by atoms with Crippen molar-refractivity contribution >= 4 is 10.1 Å². The van der Waals surface area contributed by atoms with Crippen molar-refractivity contribution in [3.05, 3.63) is 29.8 Å². The first-order chi connectivity index (χ1) is 6.92. The zero-order valence-corrected chi connectivity index (χ0v) is 9.28. The van der Waals surface area contributed by atoms with Crippen molar-refractivity contribution in [2.45, 2.75) is 12.8 Å². The summed E-state index contributed by atoms with van der Waals surface area (Å²) in [5, 5.41) is 8.67. The molecule has 1 aromatic carbocycles. The molecule has 4 nitrogen and oxygen atoms in total. The number of nitrogens with zero attached hydrogens (tertiary/aromatic N) is 1. The molecule has 15 heavy (non-hydrogen) atoms. The maximum absolute atomic E-state index is 10.8. The van der Waals surface area contributed by atoms with Crippen molar-refractivity contribution in [1.29, 1.82) is 5.26 Å². The highest BCUT2D eigenvalue weighted by Gasteiger charge is 2.06. The summed E-state index contributed by atoms with van der Waals surface area (Å²) in [7, 11) is -3.48. The first kappa shape index (κ1) is 11.5. The van der Waals surface area contributed by atoms with Gasteiger partial charge in [0.05, 0.1) is 18.2 Å². The molecule has 5 heteroatoms. The largest absolute Gasteiger partial charge is 0.383 e. The molecule has 80 valence electrons. The van der Waals surface area contributed by atoms with Gasteiger partial charge in [-0.05, 0) is 24.6 Å². The van der Waals surface area contributed by atoms with Crippen LogP contribution in [0.5, 0.6) is 5.75 Å². The first-order valence-corrected chi connectivity index (χ1v) is 6.13. The molecule has 0 aliphatic rings. The van der Waals surface area contributed by atoms with Gasteiger partial charge in [0.25, 0.3) is 0 Å². The van der Waals surface area contributed by atoms with Crippen LogP contribution in [0.15, 0.2) is 24.3 Å². The second-order valence-electron chi connectivity index (χ2n) is 3.21. The average molecular weight is 225 g/mol. The standard InChI is InChI=1S/C10H11NO3S/c1-8(7-11)9-3-5-10(6-4-9)14-15(2,12)13/h3-6,8H,1-2H3. The molecule has 0 aromatic heterocycles. The van der Waals surface area contributed by atoms with Crippen LogP contribution in [0.2, 0.25) is 0 Å². The van der Waals surface area contributed by atoms with Gasteiger partial charge < -0.3 is 4.18 Å². The fourth-order valence-electron chi connectivity index (χ4n) is 1.06. The normalized spacial score (nSPS) is 12.9. The summed E-state index contributed by atoms with van der Waals surface area (Å²) >= 11 is 0. The third kappa shape index (κ3) is 3.60. The molecule has 0 amide bonds. The van der Waals surface area contributed by atoms with Gasteiger partial charge in [0.1, 0.15) is 5.75 Å². The minimum atomic E-state index is -3.48. The Morgan fingerprint density at radius 2 is 1.87 bits per heavy atom. The molecule has 0 N–H and O–H groups in total. The molecule has 0 aliphatic heterocycles. The molecule has 0 fully saturated rings. The van der Waals surface area contributed by atoms with Crippen LogP contribution >= 0.6 is 0 Å². The Balaban J connectivity index is 2.87. The highest BCUT2D eigenvalue weighted by molar-refractivity contribution is 7.86. The Labute approximate surface area is 89.2 Å². The van der Waals surface area contributed by atoms with Gasteiger partial charge in [-0.3, -0.25) is 0 Å². The topological polar surface area (TPSA) is 67.2 Å². The molecule has 0 heterocycles. The summed E-state index contributed by atoms with van der Waals surface area (Å²) in [6.45, 7) is 1.77. The molecule has 1 aromatic rings. The number of rotatable bonds is 3. The van der Waals surface area contributed by atoms with Crippen molar-refractivity contribution in [2.75, 3.05) is 6.26 Å². The molecule has 0 radical (unpaired) electrons. The van der Waals surface area contributed by atoms with Crippen molar-refractivity contribution in [2.24, 2.45) is 0 Å². The predicted octanol–water partition coefficient (Wildman–Crippen LogP) is 1.65. The van der Waals surface area contributed by atoms with E-state index in [-0.39, 0.29) is 11.7 Å². The van der Waals surface area contributed by atoms with Gasteiger partial charge in [0, 0.05) is 0 Å². The SMILES string of the molecule is CC(C#N)c1ccc(OS(C)(=O)=O)cc1. The van der Waals surface area contributed by atoms with Gasteiger partial charge in [-0.1, -0.05) is 12.1 Å². The maximum Gasteiger partial charge on any atom is 0.306 e. The smallest absolute Gasteiger partial charge is 0.306 e. The van der Waals surface area contributed by atoms with E-state index in [1.807, 2.05) is 0 Å². The first-order valence-electron chi connectivity index (χ1n) is 4.31. The minimum absolute atomic E-state index is 0.211. The number of benzene rings is 1. The summed E-state index contributed by atoms with van der Waals surface area (Å²) in [4.78, 5) is 0. The van der Waals surface area contributed by atoms with Gasteiger partial charge in [0.2, 0.25) is 0 Å². The summed E-state index contributed by atoms with van der Waals surface area (Å²) in [6, 6.07) is 8.50. The van der Waals surface area contributed by atoms with E-state index in [1.54, 1.807) is 19.1 Å². The van der Waals surface area contributed by atoms with E-state index in [9.17, 15) is 8.42 Å². The van der Waals surface area contributed by atoms with E-state index < -0.39 is 10.1 Å². The molecular formula is C10H11NO3S. The summed E-state index contributed by atoms with van der Waals surface area (Å²) in [6.07, 6.45) is 0.985. The second-order valence-corrected chi connectivity index (χ2v) is 4.78.